The maximum absolute atomic E-state index is 4.65. The molecule has 8 rings (SSSR count). The Bertz CT molecular complexity index is 1500. The van der Waals surface area contributed by atoms with E-state index in [9.17, 15) is 0 Å². The summed E-state index contributed by atoms with van der Waals surface area (Å²) in [6.45, 7) is 14.1. The van der Waals surface area contributed by atoms with Gasteiger partial charge in [0.05, 0.1) is 0 Å². The first kappa shape index (κ1) is 27.6. The van der Waals surface area contributed by atoms with E-state index in [1.54, 1.807) is 5.56 Å². The standard InChI is InChI=1S/C41H47N/c1-39(2,3)36-15-9-7-13-32(36)34-21-31(41-23-27-18-28(24-41)20-29(19-27)25-41)22-35(38(34)30-12-11-17-42-26-30)33-14-8-10-16-37(33)40(4,5)6/h7-17,21-22,26-29H,18-20,23-25H2,1-6H3. The third-order valence-electron chi connectivity index (χ3n) is 10.8. The number of nitrogens with zero attached hydrogens (tertiary/aromatic N) is 1. The highest BCUT2D eigenvalue weighted by Gasteiger charge is 2.52. The van der Waals surface area contributed by atoms with Crippen LogP contribution in [-0.4, -0.2) is 4.98 Å². The molecule has 1 heterocycles. The van der Waals surface area contributed by atoms with Crippen LogP contribution in [0.1, 0.15) is 96.8 Å². The summed E-state index contributed by atoms with van der Waals surface area (Å²) in [4.78, 5) is 4.65. The topological polar surface area (TPSA) is 12.9 Å². The molecule has 3 aromatic carbocycles. The molecule has 0 atom stereocenters. The van der Waals surface area contributed by atoms with Gasteiger partial charge in [0.25, 0.3) is 0 Å². The van der Waals surface area contributed by atoms with E-state index in [4.69, 9.17) is 0 Å². The molecule has 4 saturated carbocycles. The highest BCUT2D eigenvalue weighted by molar-refractivity contribution is 5.96. The van der Waals surface area contributed by atoms with Crippen LogP contribution in [0.2, 0.25) is 0 Å². The minimum Gasteiger partial charge on any atom is -0.264 e. The molecule has 4 fully saturated rings. The van der Waals surface area contributed by atoms with Gasteiger partial charge in [-0.3, -0.25) is 4.98 Å². The molecule has 0 radical (unpaired) electrons. The zero-order valence-electron chi connectivity index (χ0n) is 26.5. The number of hydrogen-bond donors (Lipinski definition) is 0. The first-order valence-electron chi connectivity index (χ1n) is 16.3. The second-order valence-corrected chi connectivity index (χ2v) is 16.0. The van der Waals surface area contributed by atoms with Crippen molar-refractivity contribution < 1.29 is 0 Å². The Morgan fingerprint density at radius 3 is 1.50 bits per heavy atom. The van der Waals surface area contributed by atoms with Gasteiger partial charge in [0, 0.05) is 18.0 Å². The second kappa shape index (κ2) is 9.94. The lowest BCUT2D eigenvalue weighted by Gasteiger charge is -2.57. The van der Waals surface area contributed by atoms with Crippen molar-refractivity contribution in [2.75, 3.05) is 0 Å². The molecule has 1 aromatic heterocycles. The number of aromatic nitrogens is 1. The van der Waals surface area contributed by atoms with Crippen molar-refractivity contribution in [2.24, 2.45) is 17.8 Å². The Morgan fingerprint density at radius 2 is 1.07 bits per heavy atom. The summed E-state index contributed by atoms with van der Waals surface area (Å²) in [5, 5.41) is 0. The summed E-state index contributed by atoms with van der Waals surface area (Å²) in [6, 6.07) is 28.0. The molecular formula is C41H47N. The summed E-state index contributed by atoms with van der Waals surface area (Å²) in [5.41, 5.74) is 12.8. The highest BCUT2D eigenvalue weighted by atomic mass is 14.6. The quantitative estimate of drug-likeness (QED) is 0.245. The average molecular weight is 554 g/mol. The van der Waals surface area contributed by atoms with Crippen LogP contribution in [0, 0.1) is 17.8 Å². The third kappa shape index (κ3) is 4.74. The number of pyridine rings is 1. The number of benzene rings is 3. The van der Waals surface area contributed by atoms with E-state index in [-0.39, 0.29) is 10.8 Å². The normalized spacial score (nSPS) is 25.1. The van der Waals surface area contributed by atoms with Crippen molar-refractivity contribution >= 4 is 0 Å². The van der Waals surface area contributed by atoms with Gasteiger partial charge in [-0.15, -0.1) is 0 Å². The number of hydrogen-bond acceptors (Lipinski definition) is 1. The largest absolute Gasteiger partial charge is 0.264 e. The van der Waals surface area contributed by atoms with E-state index in [0.29, 0.717) is 5.41 Å². The van der Waals surface area contributed by atoms with Crippen LogP contribution in [0.3, 0.4) is 0 Å². The van der Waals surface area contributed by atoms with Crippen LogP contribution in [-0.2, 0) is 16.2 Å². The zero-order valence-corrected chi connectivity index (χ0v) is 26.5. The van der Waals surface area contributed by atoms with Crippen LogP contribution in [0.25, 0.3) is 33.4 Å². The molecule has 0 unspecified atom stereocenters. The summed E-state index contributed by atoms with van der Waals surface area (Å²) in [5.74, 6) is 2.72. The zero-order chi connectivity index (χ0) is 29.3. The van der Waals surface area contributed by atoms with Crippen LogP contribution in [0.4, 0.5) is 0 Å². The van der Waals surface area contributed by atoms with Crippen molar-refractivity contribution in [2.45, 2.75) is 96.3 Å². The molecular weight excluding hydrogens is 506 g/mol. The van der Waals surface area contributed by atoms with E-state index in [2.05, 4.69) is 126 Å². The first-order chi connectivity index (χ1) is 20.0. The maximum Gasteiger partial charge on any atom is 0.0346 e. The molecule has 0 amide bonds. The molecule has 4 aliphatic rings. The lowest BCUT2D eigenvalue weighted by Crippen LogP contribution is -2.48. The molecule has 0 N–H and O–H groups in total. The van der Waals surface area contributed by atoms with Gasteiger partial charge in [0.2, 0.25) is 0 Å². The Morgan fingerprint density at radius 1 is 0.595 bits per heavy atom. The summed E-state index contributed by atoms with van der Waals surface area (Å²) < 4.78 is 0. The van der Waals surface area contributed by atoms with Crippen LogP contribution in [0.5, 0.6) is 0 Å². The smallest absolute Gasteiger partial charge is 0.0346 e. The van der Waals surface area contributed by atoms with Crippen molar-refractivity contribution in [3.63, 3.8) is 0 Å². The minimum absolute atomic E-state index is 0.0307. The molecule has 4 aromatic rings. The maximum atomic E-state index is 4.65. The lowest BCUT2D eigenvalue weighted by atomic mass is 9.48. The van der Waals surface area contributed by atoms with Gasteiger partial charge in [-0.1, -0.05) is 96.1 Å². The molecule has 0 aliphatic heterocycles. The summed E-state index contributed by atoms with van der Waals surface area (Å²) in [7, 11) is 0. The van der Waals surface area contributed by atoms with Crippen LogP contribution in [0.15, 0.2) is 85.2 Å². The fraction of sp³-hybridized carbons (Fsp3) is 0.439. The molecule has 0 spiro atoms. The monoisotopic (exact) mass is 553 g/mol. The lowest BCUT2D eigenvalue weighted by molar-refractivity contribution is -0.00514. The fourth-order valence-corrected chi connectivity index (χ4v) is 9.40. The van der Waals surface area contributed by atoms with Gasteiger partial charge in [-0.25, -0.2) is 0 Å². The molecule has 42 heavy (non-hydrogen) atoms. The molecule has 1 heteroatoms. The summed E-state index contributed by atoms with van der Waals surface area (Å²) >= 11 is 0. The van der Waals surface area contributed by atoms with E-state index in [0.717, 1.165) is 17.8 Å². The van der Waals surface area contributed by atoms with Gasteiger partial charge in [-0.2, -0.15) is 0 Å². The van der Waals surface area contributed by atoms with Gasteiger partial charge in [0.15, 0.2) is 0 Å². The Hall–Kier alpha value is -3.19. The van der Waals surface area contributed by atoms with Crippen LogP contribution < -0.4 is 0 Å². The molecule has 0 saturated heterocycles. The predicted octanol–water partition coefficient (Wildman–Crippen LogP) is 11.1. The molecule has 4 bridgehead atoms. The predicted molar refractivity (Wildman–Crippen MR) is 178 cm³/mol. The molecule has 1 nitrogen and oxygen atoms in total. The Kier molecular flexibility index (Phi) is 6.54. The highest BCUT2D eigenvalue weighted by Crippen LogP contribution is 2.62. The molecule has 216 valence electrons. The van der Waals surface area contributed by atoms with E-state index in [1.165, 1.54) is 83.0 Å². The third-order valence-corrected chi connectivity index (χ3v) is 10.8. The number of rotatable bonds is 4. The second-order valence-electron chi connectivity index (χ2n) is 16.0. The van der Waals surface area contributed by atoms with E-state index in [1.807, 2.05) is 6.20 Å². The van der Waals surface area contributed by atoms with Crippen molar-refractivity contribution in [3.8, 4) is 33.4 Å². The Labute approximate surface area is 253 Å². The van der Waals surface area contributed by atoms with Gasteiger partial charge >= 0.3 is 0 Å². The van der Waals surface area contributed by atoms with Crippen molar-refractivity contribution in [3.05, 3.63) is 102 Å². The fourth-order valence-electron chi connectivity index (χ4n) is 9.40. The van der Waals surface area contributed by atoms with E-state index < -0.39 is 0 Å². The van der Waals surface area contributed by atoms with Gasteiger partial charge in [0.1, 0.15) is 0 Å². The van der Waals surface area contributed by atoms with E-state index >= 15 is 0 Å². The van der Waals surface area contributed by atoms with Crippen molar-refractivity contribution in [1.82, 2.24) is 4.98 Å². The van der Waals surface area contributed by atoms with Gasteiger partial charge in [-0.05, 0) is 135 Å². The average Bonchev–Trinajstić information content (AvgIpc) is 2.95. The Balaban J connectivity index is 1.59. The van der Waals surface area contributed by atoms with Crippen LogP contribution >= 0.6 is 0 Å². The summed E-state index contributed by atoms with van der Waals surface area (Å²) in [6.07, 6.45) is 12.5. The minimum atomic E-state index is 0.0307. The first-order valence-corrected chi connectivity index (χ1v) is 16.3. The van der Waals surface area contributed by atoms with Crippen molar-refractivity contribution in [1.29, 1.82) is 0 Å². The molecule has 4 aliphatic carbocycles. The SMILES string of the molecule is CC(C)(C)c1ccccc1-c1cc(C23CC4CC(CC(C4)C2)C3)cc(-c2ccccc2C(C)(C)C)c1-c1cccnc1. The van der Waals surface area contributed by atoms with Gasteiger partial charge < -0.3 is 0 Å².